The summed E-state index contributed by atoms with van der Waals surface area (Å²) in [7, 11) is 0. The summed E-state index contributed by atoms with van der Waals surface area (Å²) in [5, 5.41) is 15.5. The topological polar surface area (TPSA) is 75.4 Å². The maximum Gasteiger partial charge on any atom is 0.308 e. The minimum absolute atomic E-state index is 0.0905. The van der Waals surface area contributed by atoms with Crippen LogP contribution in [0.15, 0.2) is 54.7 Å². The third kappa shape index (κ3) is 3.40. The Morgan fingerprint density at radius 2 is 1.85 bits per heavy atom. The van der Waals surface area contributed by atoms with Crippen LogP contribution >= 0.6 is 11.6 Å². The highest BCUT2D eigenvalue weighted by atomic mass is 35.5. The molecule has 1 aromatic heterocycles. The Bertz CT molecular complexity index is 999. The van der Waals surface area contributed by atoms with Crippen LogP contribution in [0.5, 0.6) is 0 Å². The summed E-state index contributed by atoms with van der Waals surface area (Å²) < 4.78 is 1.66. The normalized spacial score (nSPS) is 19.5. The number of benzene rings is 2. The molecule has 4 rings (SSSR count). The first-order valence-corrected chi connectivity index (χ1v) is 9.07. The average molecular weight is 384 g/mol. The molecule has 1 N–H and O–H groups in total. The molecule has 1 saturated heterocycles. The average Bonchev–Trinajstić information content (AvgIpc) is 3.28. The summed E-state index contributed by atoms with van der Waals surface area (Å²) in [4.78, 5) is 26.2. The van der Waals surface area contributed by atoms with Crippen LogP contribution in [0.25, 0.3) is 10.9 Å². The van der Waals surface area contributed by atoms with Gasteiger partial charge in [0, 0.05) is 29.4 Å². The van der Waals surface area contributed by atoms with Crippen molar-refractivity contribution in [3.05, 3.63) is 65.3 Å². The van der Waals surface area contributed by atoms with Crippen LogP contribution in [0, 0.1) is 5.92 Å². The zero-order valence-corrected chi connectivity index (χ0v) is 15.2. The van der Waals surface area contributed by atoms with Crippen molar-refractivity contribution in [2.24, 2.45) is 5.92 Å². The van der Waals surface area contributed by atoms with Crippen LogP contribution in [0.4, 0.5) is 0 Å². The number of hydrogen-bond acceptors (Lipinski definition) is 3. The minimum Gasteiger partial charge on any atom is -0.481 e. The van der Waals surface area contributed by atoms with E-state index in [2.05, 4.69) is 5.10 Å². The molecule has 0 aliphatic carbocycles. The van der Waals surface area contributed by atoms with Gasteiger partial charge in [0.2, 0.25) is 5.91 Å². The van der Waals surface area contributed by atoms with Crippen LogP contribution in [0.3, 0.4) is 0 Å². The Morgan fingerprint density at radius 1 is 1.11 bits per heavy atom. The summed E-state index contributed by atoms with van der Waals surface area (Å²) in [6, 6.07) is 14.8. The van der Waals surface area contributed by atoms with E-state index in [4.69, 9.17) is 11.6 Å². The fourth-order valence-corrected chi connectivity index (χ4v) is 3.81. The zero-order chi connectivity index (χ0) is 19.0. The molecule has 0 saturated carbocycles. The molecule has 1 aliphatic heterocycles. The number of likely N-dealkylation sites (tertiary alicyclic amines) is 1. The number of fused-ring (bicyclic) bond motifs is 1. The second-order valence-corrected chi connectivity index (χ2v) is 7.20. The fourth-order valence-electron chi connectivity index (χ4n) is 3.69. The molecule has 1 aliphatic rings. The number of aromatic nitrogens is 2. The lowest BCUT2D eigenvalue weighted by Crippen LogP contribution is -2.33. The number of amides is 1. The van der Waals surface area contributed by atoms with Gasteiger partial charge in [-0.15, -0.1) is 0 Å². The van der Waals surface area contributed by atoms with Gasteiger partial charge in [-0.2, -0.15) is 5.10 Å². The molecule has 0 spiro atoms. The zero-order valence-electron chi connectivity index (χ0n) is 14.5. The third-order valence-electron chi connectivity index (χ3n) is 5.12. The predicted octanol–water partition coefficient (Wildman–Crippen LogP) is 3.02. The van der Waals surface area contributed by atoms with E-state index < -0.39 is 11.9 Å². The number of carbonyl (C=O) groups excluding carboxylic acids is 1. The first-order chi connectivity index (χ1) is 13.0. The molecule has 0 radical (unpaired) electrons. The molecule has 0 unspecified atom stereocenters. The van der Waals surface area contributed by atoms with Gasteiger partial charge in [-0.1, -0.05) is 41.9 Å². The molecule has 3 aromatic rings. The lowest BCUT2D eigenvalue weighted by Gasteiger charge is -2.17. The van der Waals surface area contributed by atoms with E-state index in [9.17, 15) is 14.7 Å². The molecule has 2 atom stereocenters. The Hall–Kier alpha value is -2.86. The standard InChI is InChI=1S/C20H18ClN3O3/c21-15-7-5-13(6-8-15)16-10-23(11-17(16)20(26)27)19(25)12-24-18-4-2-1-3-14(18)9-22-24/h1-9,16-17H,10-12H2,(H,26,27)/t16-,17+/m0/s1. The third-order valence-corrected chi connectivity index (χ3v) is 5.38. The number of carbonyl (C=O) groups is 2. The van der Waals surface area contributed by atoms with E-state index >= 15 is 0 Å². The van der Waals surface area contributed by atoms with Crippen molar-refractivity contribution in [1.29, 1.82) is 0 Å². The summed E-state index contributed by atoms with van der Waals surface area (Å²) in [6.07, 6.45) is 1.73. The van der Waals surface area contributed by atoms with Crippen molar-refractivity contribution in [1.82, 2.24) is 14.7 Å². The molecule has 2 aromatic carbocycles. The summed E-state index contributed by atoms with van der Waals surface area (Å²) >= 11 is 5.93. The molecule has 0 bridgehead atoms. The summed E-state index contributed by atoms with van der Waals surface area (Å²) in [5.41, 5.74) is 1.76. The second kappa shape index (κ2) is 7.04. The number of nitrogens with zero attached hydrogens (tertiary/aromatic N) is 3. The van der Waals surface area contributed by atoms with Crippen molar-refractivity contribution in [3.8, 4) is 0 Å². The maximum atomic E-state index is 12.8. The van der Waals surface area contributed by atoms with E-state index in [1.54, 1.807) is 27.9 Å². The number of halogens is 1. The number of carboxylic acid groups (broad SMARTS) is 1. The van der Waals surface area contributed by atoms with Crippen molar-refractivity contribution >= 4 is 34.4 Å². The largest absolute Gasteiger partial charge is 0.481 e. The highest BCUT2D eigenvalue weighted by Crippen LogP contribution is 2.33. The van der Waals surface area contributed by atoms with Crippen molar-refractivity contribution < 1.29 is 14.7 Å². The van der Waals surface area contributed by atoms with Gasteiger partial charge in [-0.3, -0.25) is 14.3 Å². The molecule has 7 heteroatoms. The lowest BCUT2D eigenvalue weighted by molar-refractivity contribution is -0.141. The van der Waals surface area contributed by atoms with E-state index in [1.165, 1.54) is 0 Å². The monoisotopic (exact) mass is 383 g/mol. The SMILES string of the molecule is O=C(O)[C@@H]1CN(C(=O)Cn2ncc3ccccc32)C[C@H]1c1ccc(Cl)cc1. The van der Waals surface area contributed by atoms with Crippen LogP contribution in [-0.4, -0.2) is 44.8 Å². The van der Waals surface area contributed by atoms with Gasteiger partial charge in [0.25, 0.3) is 0 Å². The summed E-state index contributed by atoms with van der Waals surface area (Å²) in [5.74, 6) is -1.91. The molecular formula is C20H18ClN3O3. The minimum atomic E-state index is -0.894. The number of rotatable bonds is 4. The Kier molecular flexibility index (Phi) is 4.58. The van der Waals surface area contributed by atoms with Crippen LogP contribution in [0.2, 0.25) is 5.02 Å². The van der Waals surface area contributed by atoms with Crippen LogP contribution in [0.1, 0.15) is 11.5 Å². The summed E-state index contributed by atoms with van der Waals surface area (Å²) in [6.45, 7) is 0.657. The van der Waals surface area contributed by atoms with E-state index in [0.717, 1.165) is 16.5 Å². The van der Waals surface area contributed by atoms with Gasteiger partial charge < -0.3 is 10.0 Å². The van der Waals surface area contributed by atoms with Gasteiger partial charge in [-0.25, -0.2) is 0 Å². The first-order valence-electron chi connectivity index (χ1n) is 8.69. The van der Waals surface area contributed by atoms with Gasteiger partial charge in [0.05, 0.1) is 17.6 Å². The molecule has 1 fully saturated rings. The van der Waals surface area contributed by atoms with E-state index in [-0.39, 0.29) is 24.9 Å². The molecule has 138 valence electrons. The van der Waals surface area contributed by atoms with E-state index in [0.29, 0.717) is 11.6 Å². The van der Waals surface area contributed by atoms with Crippen molar-refractivity contribution in [2.75, 3.05) is 13.1 Å². The van der Waals surface area contributed by atoms with Crippen LogP contribution < -0.4 is 0 Å². The highest BCUT2D eigenvalue weighted by Gasteiger charge is 2.40. The maximum absolute atomic E-state index is 12.8. The van der Waals surface area contributed by atoms with E-state index in [1.807, 2.05) is 36.4 Å². The highest BCUT2D eigenvalue weighted by molar-refractivity contribution is 6.30. The predicted molar refractivity (Wildman–Crippen MR) is 102 cm³/mol. The number of hydrogen-bond donors (Lipinski definition) is 1. The van der Waals surface area contributed by atoms with Crippen molar-refractivity contribution in [2.45, 2.75) is 12.5 Å². The number of carboxylic acids is 1. The molecule has 2 heterocycles. The molecule has 27 heavy (non-hydrogen) atoms. The number of aliphatic carboxylic acids is 1. The molecule has 6 nitrogen and oxygen atoms in total. The van der Waals surface area contributed by atoms with Gasteiger partial charge in [0.15, 0.2) is 0 Å². The smallest absolute Gasteiger partial charge is 0.308 e. The van der Waals surface area contributed by atoms with Crippen molar-refractivity contribution in [3.63, 3.8) is 0 Å². The van der Waals surface area contributed by atoms with Gasteiger partial charge in [0.1, 0.15) is 6.54 Å². The van der Waals surface area contributed by atoms with Gasteiger partial charge in [-0.05, 0) is 23.8 Å². The number of para-hydroxylation sites is 1. The molecular weight excluding hydrogens is 366 g/mol. The Labute approximate surface area is 161 Å². The second-order valence-electron chi connectivity index (χ2n) is 6.76. The molecule has 1 amide bonds. The fraction of sp³-hybridized carbons (Fsp3) is 0.250. The Balaban J connectivity index is 1.54. The first kappa shape index (κ1) is 17.5. The van der Waals surface area contributed by atoms with Gasteiger partial charge >= 0.3 is 5.97 Å². The quantitative estimate of drug-likeness (QED) is 0.751. The van der Waals surface area contributed by atoms with Crippen LogP contribution in [-0.2, 0) is 16.1 Å². The Morgan fingerprint density at radius 3 is 2.59 bits per heavy atom. The lowest BCUT2D eigenvalue weighted by atomic mass is 9.89.